The zero-order chi connectivity index (χ0) is 30.8. The average Bonchev–Trinajstić information content (AvgIpc) is 3.71. The van der Waals surface area contributed by atoms with Crippen LogP contribution in [0.2, 0.25) is 0 Å². The third kappa shape index (κ3) is 5.07. The van der Waals surface area contributed by atoms with Gasteiger partial charge in [0, 0.05) is 43.4 Å². The molecule has 44 heavy (non-hydrogen) atoms. The van der Waals surface area contributed by atoms with Gasteiger partial charge in [-0.05, 0) is 74.3 Å². The molecule has 2 aromatic carbocycles. The van der Waals surface area contributed by atoms with Gasteiger partial charge in [0.2, 0.25) is 5.91 Å². The number of benzene rings is 2. The lowest BCUT2D eigenvalue weighted by molar-refractivity contribution is -0.140. The summed E-state index contributed by atoms with van der Waals surface area (Å²) in [4.78, 5) is 34.5. The summed E-state index contributed by atoms with van der Waals surface area (Å²) in [6.45, 7) is 3.34. The van der Waals surface area contributed by atoms with Crippen LogP contribution in [0.15, 0.2) is 30.3 Å². The normalized spacial score (nSPS) is 25.7. The van der Waals surface area contributed by atoms with Crippen LogP contribution in [-0.2, 0) is 15.7 Å². The van der Waals surface area contributed by atoms with Crippen LogP contribution in [0.3, 0.4) is 0 Å². The van der Waals surface area contributed by atoms with E-state index in [1.807, 2.05) is 6.07 Å². The van der Waals surface area contributed by atoms with Crippen LogP contribution in [0.25, 0.3) is 10.2 Å². The van der Waals surface area contributed by atoms with Gasteiger partial charge in [-0.2, -0.15) is 13.2 Å². The number of thiazole rings is 1. The highest BCUT2D eigenvalue weighted by atomic mass is 32.1. The fourth-order valence-electron chi connectivity index (χ4n) is 7.65. The second kappa shape index (κ2) is 10.9. The fraction of sp³-hybridized carbons (Fsp3) is 0.516. The number of carbonyl (C=O) groups excluding carboxylic acids is 2. The highest BCUT2D eigenvalue weighted by Crippen LogP contribution is 2.50. The third-order valence-electron chi connectivity index (χ3n) is 9.89. The molecule has 7 rings (SSSR count). The van der Waals surface area contributed by atoms with Gasteiger partial charge < -0.3 is 25.0 Å². The molecule has 234 valence electrons. The summed E-state index contributed by atoms with van der Waals surface area (Å²) in [6.07, 6.45) is -0.493. The minimum atomic E-state index is -4.90. The van der Waals surface area contributed by atoms with E-state index in [0.29, 0.717) is 33.7 Å². The number of alkyl halides is 3. The first-order valence-electron chi connectivity index (χ1n) is 14.8. The Hall–Kier alpha value is -3.45. The Labute approximate surface area is 255 Å². The maximum Gasteiger partial charge on any atom is 0.419 e. The lowest BCUT2D eigenvalue weighted by atomic mass is 9.74. The number of nitrogens with zero attached hydrogens (tertiary/aromatic N) is 2. The number of rotatable bonds is 6. The molecule has 4 atom stereocenters. The smallest absolute Gasteiger partial charge is 0.419 e. The Morgan fingerprint density at radius 1 is 1.11 bits per heavy atom. The minimum Gasteiger partial charge on any atom is -0.496 e. The summed E-state index contributed by atoms with van der Waals surface area (Å²) >= 11 is 1.44. The number of carbonyl (C=O) groups is 2. The van der Waals surface area contributed by atoms with E-state index in [4.69, 9.17) is 14.5 Å². The van der Waals surface area contributed by atoms with Crippen LogP contribution < -0.4 is 20.3 Å². The first-order valence-corrected chi connectivity index (χ1v) is 15.7. The molecule has 1 aromatic heterocycles. The van der Waals surface area contributed by atoms with Crippen molar-refractivity contribution >= 4 is 44.2 Å². The molecule has 3 aromatic rings. The van der Waals surface area contributed by atoms with Crippen molar-refractivity contribution in [1.29, 1.82) is 0 Å². The molecule has 2 saturated carbocycles. The largest absolute Gasteiger partial charge is 0.496 e. The molecule has 4 fully saturated rings. The van der Waals surface area contributed by atoms with Gasteiger partial charge >= 0.3 is 6.18 Å². The van der Waals surface area contributed by atoms with Gasteiger partial charge in [0.1, 0.15) is 17.1 Å². The molecule has 2 bridgehead atoms. The van der Waals surface area contributed by atoms with Gasteiger partial charge in [0.25, 0.3) is 5.91 Å². The van der Waals surface area contributed by atoms with Crippen molar-refractivity contribution in [2.75, 3.05) is 43.6 Å². The predicted octanol–water partition coefficient (Wildman–Crippen LogP) is 5.86. The number of aromatic nitrogens is 1. The average molecular weight is 633 g/mol. The summed E-state index contributed by atoms with van der Waals surface area (Å²) in [5.74, 6) is -2.51. The first-order chi connectivity index (χ1) is 21.0. The zero-order valence-electron chi connectivity index (χ0n) is 24.0. The van der Waals surface area contributed by atoms with E-state index in [2.05, 4.69) is 15.5 Å². The number of anilines is 2. The van der Waals surface area contributed by atoms with Gasteiger partial charge in [-0.25, -0.2) is 9.37 Å². The van der Waals surface area contributed by atoms with E-state index in [0.717, 1.165) is 69.6 Å². The van der Waals surface area contributed by atoms with Gasteiger partial charge in [0.15, 0.2) is 5.13 Å². The number of methoxy groups -OCH3 is 1. The molecule has 13 heteroatoms. The number of hydrogen-bond donors (Lipinski definition) is 2. The quantitative estimate of drug-likeness (QED) is 0.331. The number of ether oxygens (including phenoxy) is 2. The van der Waals surface area contributed by atoms with Gasteiger partial charge in [-0.15, -0.1) is 0 Å². The van der Waals surface area contributed by atoms with Crippen LogP contribution in [-0.4, -0.2) is 56.3 Å². The lowest BCUT2D eigenvalue weighted by Crippen LogP contribution is -2.58. The molecule has 2 amide bonds. The number of fused-ring (bicyclic) bond motifs is 3. The molecule has 1 spiro atoms. The second-order valence-corrected chi connectivity index (χ2v) is 13.5. The van der Waals surface area contributed by atoms with Crippen molar-refractivity contribution in [3.05, 3.63) is 47.3 Å². The van der Waals surface area contributed by atoms with E-state index in [1.54, 1.807) is 6.07 Å². The molecule has 8 nitrogen and oxygen atoms in total. The number of amides is 2. The Bertz CT molecular complexity index is 1610. The Kier molecular flexibility index (Phi) is 7.23. The first kappa shape index (κ1) is 29.3. The van der Waals surface area contributed by atoms with E-state index in [-0.39, 0.29) is 28.8 Å². The molecule has 2 aliphatic carbocycles. The summed E-state index contributed by atoms with van der Waals surface area (Å²) in [5.41, 5.74) is -0.298. The van der Waals surface area contributed by atoms with E-state index >= 15 is 0 Å². The van der Waals surface area contributed by atoms with Crippen LogP contribution >= 0.6 is 11.3 Å². The van der Waals surface area contributed by atoms with E-state index in [1.165, 1.54) is 18.4 Å². The molecular formula is C31H32F4N4O4S. The summed E-state index contributed by atoms with van der Waals surface area (Å²) in [7, 11) is 1.50. The fourth-order valence-corrected chi connectivity index (χ4v) is 8.75. The van der Waals surface area contributed by atoms with E-state index < -0.39 is 35.4 Å². The van der Waals surface area contributed by atoms with Crippen LogP contribution in [0.1, 0.15) is 48.0 Å². The highest BCUT2D eigenvalue weighted by molar-refractivity contribution is 7.22. The van der Waals surface area contributed by atoms with E-state index in [9.17, 15) is 27.2 Å². The lowest BCUT2D eigenvalue weighted by Gasteiger charge is -2.52. The SMILES string of the molecule is COc1ccc2nc(N3CC4(CCOCC4)C3)sc2c1C(=O)N[C@@H]1[C@H]2CC[C@H](C2)[C@@H]1C(=O)Nc1ccc(F)c(C(F)(F)F)c1. The third-order valence-corrected chi connectivity index (χ3v) is 11.0. The number of hydrogen-bond acceptors (Lipinski definition) is 7. The standard InChI is InChI=1S/C31H32F4N4O4S/c1-42-22-7-6-21-26(44-29(37-21)39-14-30(15-39)8-10-43-11-9-30)24(22)28(41)38-25-17-3-2-16(12-17)23(25)27(40)36-18-4-5-20(32)19(13-18)31(33,34)35/h4-7,13,16-17,23,25H,2-3,8-12,14-15H2,1H3,(H,36,40)(H,38,41)/t16-,17+,23+,25-/m1/s1. The van der Waals surface area contributed by atoms with Gasteiger partial charge in [0.05, 0.1) is 28.8 Å². The second-order valence-electron chi connectivity index (χ2n) is 12.5. The highest BCUT2D eigenvalue weighted by Gasteiger charge is 2.52. The maximum atomic E-state index is 14.0. The van der Waals surface area contributed by atoms with Crippen molar-refractivity contribution < 1.29 is 36.6 Å². The predicted molar refractivity (Wildman–Crippen MR) is 156 cm³/mol. The van der Waals surface area contributed by atoms with Crippen LogP contribution in [0.4, 0.5) is 28.4 Å². The Balaban J connectivity index is 1.12. The minimum absolute atomic E-state index is 0.0237. The summed E-state index contributed by atoms with van der Waals surface area (Å²) in [6, 6.07) is 5.44. The monoisotopic (exact) mass is 632 g/mol. The number of nitrogens with one attached hydrogen (secondary N) is 2. The molecule has 3 heterocycles. The van der Waals surface area contributed by atoms with Crippen LogP contribution in [0.5, 0.6) is 5.75 Å². The van der Waals surface area contributed by atoms with Crippen LogP contribution in [0, 0.1) is 29.0 Å². The molecule has 0 unspecified atom stereocenters. The molecule has 2 saturated heterocycles. The molecule has 0 radical (unpaired) electrons. The number of halogens is 4. The van der Waals surface area contributed by atoms with Crippen molar-refractivity contribution in [1.82, 2.24) is 10.3 Å². The Morgan fingerprint density at radius 3 is 2.59 bits per heavy atom. The van der Waals surface area contributed by atoms with Crippen molar-refractivity contribution in [2.24, 2.45) is 23.2 Å². The van der Waals surface area contributed by atoms with Gasteiger partial charge in [-0.3, -0.25) is 9.59 Å². The molecular weight excluding hydrogens is 600 g/mol. The van der Waals surface area contributed by atoms with Crippen molar-refractivity contribution in [2.45, 2.75) is 44.3 Å². The Morgan fingerprint density at radius 2 is 1.86 bits per heavy atom. The van der Waals surface area contributed by atoms with Gasteiger partial charge in [-0.1, -0.05) is 11.3 Å². The topological polar surface area (TPSA) is 92.8 Å². The maximum absolute atomic E-state index is 14.0. The molecule has 2 N–H and O–H groups in total. The summed E-state index contributed by atoms with van der Waals surface area (Å²) < 4.78 is 65.4. The summed E-state index contributed by atoms with van der Waals surface area (Å²) in [5, 5.41) is 6.50. The molecule has 4 aliphatic rings. The van der Waals surface area contributed by atoms with Crippen molar-refractivity contribution in [3.63, 3.8) is 0 Å². The zero-order valence-corrected chi connectivity index (χ0v) is 24.8. The van der Waals surface area contributed by atoms with Crippen molar-refractivity contribution in [3.8, 4) is 5.75 Å². The molecule has 2 aliphatic heterocycles.